The van der Waals surface area contributed by atoms with Crippen LogP contribution in [0, 0.1) is 23.2 Å². The molecule has 0 aliphatic carbocycles. The lowest BCUT2D eigenvalue weighted by Gasteiger charge is -2.37. The van der Waals surface area contributed by atoms with Crippen molar-refractivity contribution in [3.8, 4) is 17.6 Å². The number of hydrogen-bond acceptors (Lipinski definition) is 3. The summed E-state index contributed by atoms with van der Waals surface area (Å²) in [5, 5.41) is 8.93. The van der Waals surface area contributed by atoms with Gasteiger partial charge in [-0.1, -0.05) is 17.9 Å². The molecule has 1 fully saturated rings. The fraction of sp³-hybridized carbons (Fsp3) is 0.450. The number of carbonyl (C=O) groups is 1. The molecule has 2 aliphatic rings. The van der Waals surface area contributed by atoms with Gasteiger partial charge in [0, 0.05) is 36.2 Å². The van der Waals surface area contributed by atoms with Gasteiger partial charge in [-0.2, -0.15) is 0 Å². The number of nitrogens with zero attached hydrogens (tertiary/aromatic N) is 1. The number of benzene rings is 1. The molecule has 0 saturated carbocycles. The van der Waals surface area contributed by atoms with Crippen molar-refractivity contribution in [3.05, 3.63) is 34.9 Å². The zero-order valence-corrected chi connectivity index (χ0v) is 14.4. The smallest absolute Gasteiger partial charge is 0.309 e. The first-order chi connectivity index (χ1) is 11.3. The van der Waals surface area contributed by atoms with Gasteiger partial charge in [-0.05, 0) is 44.6 Å². The number of ether oxygens (including phenoxy) is 1. The van der Waals surface area contributed by atoms with Gasteiger partial charge in [0.1, 0.15) is 12.4 Å². The average molecular weight is 325 g/mol. The van der Waals surface area contributed by atoms with Crippen molar-refractivity contribution in [1.29, 1.82) is 0 Å². The van der Waals surface area contributed by atoms with Crippen molar-refractivity contribution in [2.75, 3.05) is 26.2 Å². The minimum Gasteiger partial charge on any atom is -0.489 e. The van der Waals surface area contributed by atoms with E-state index in [4.69, 9.17) is 9.84 Å². The predicted molar refractivity (Wildman–Crippen MR) is 93.8 cm³/mol. The highest BCUT2D eigenvalue weighted by Gasteiger charge is 2.32. The lowest BCUT2D eigenvalue weighted by molar-refractivity contribution is -0.147. The standard InChI is InChI=1S/C20H23NO3/c1-20(2,3)7-6-14-4-5-16-8-15(13-24-18(16)9-14)10-21-11-17(12-21)19(22)23/h4-5,8-9,17H,10-13H2,1-3H3,(H,22,23). The number of rotatable bonds is 3. The van der Waals surface area contributed by atoms with E-state index in [9.17, 15) is 4.79 Å². The van der Waals surface area contributed by atoms with E-state index in [1.165, 1.54) is 5.57 Å². The molecular formula is C20H23NO3. The summed E-state index contributed by atoms with van der Waals surface area (Å²) in [5.41, 5.74) is 3.19. The van der Waals surface area contributed by atoms with E-state index in [2.05, 4.69) is 43.6 Å². The van der Waals surface area contributed by atoms with Gasteiger partial charge >= 0.3 is 5.97 Å². The molecule has 2 aliphatic heterocycles. The van der Waals surface area contributed by atoms with Crippen LogP contribution in [0.2, 0.25) is 0 Å². The fourth-order valence-corrected chi connectivity index (χ4v) is 2.78. The maximum Gasteiger partial charge on any atom is 0.309 e. The van der Waals surface area contributed by atoms with Gasteiger partial charge in [0.2, 0.25) is 0 Å². The number of carboxylic acids is 1. The van der Waals surface area contributed by atoms with Gasteiger partial charge in [0.05, 0.1) is 5.92 Å². The molecule has 0 bridgehead atoms. The Morgan fingerprint density at radius 3 is 2.79 bits per heavy atom. The van der Waals surface area contributed by atoms with Crippen molar-refractivity contribution in [3.63, 3.8) is 0 Å². The van der Waals surface area contributed by atoms with Gasteiger partial charge < -0.3 is 9.84 Å². The molecule has 1 aromatic carbocycles. The molecule has 126 valence electrons. The lowest BCUT2D eigenvalue weighted by Crippen LogP contribution is -2.51. The van der Waals surface area contributed by atoms with E-state index in [0.29, 0.717) is 19.7 Å². The third-order valence-electron chi connectivity index (χ3n) is 4.10. The normalized spacial score (nSPS) is 17.7. The van der Waals surface area contributed by atoms with Crippen LogP contribution in [0.5, 0.6) is 5.75 Å². The van der Waals surface area contributed by atoms with Crippen molar-refractivity contribution in [2.45, 2.75) is 20.8 Å². The third kappa shape index (κ3) is 3.98. The zero-order valence-electron chi connectivity index (χ0n) is 14.4. The van der Waals surface area contributed by atoms with Gasteiger partial charge in [-0.25, -0.2) is 0 Å². The van der Waals surface area contributed by atoms with E-state index in [1.54, 1.807) is 0 Å². The van der Waals surface area contributed by atoms with Crippen molar-refractivity contribution < 1.29 is 14.6 Å². The van der Waals surface area contributed by atoms with Gasteiger partial charge in [0.15, 0.2) is 0 Å². The Morgan fingerprint density at radius 1 is 1.38 bits per heavy atom. The molecule has 1 saturated heterocycles. The SMILES string of the molecule is CC(C)(C)C#Cc1ccc2c(c1)OCC(CN1CC(C(=O)O)C1)=C2. The van der Waals surface area contributed by atoms with Crippen LogP contribution in [-0.4, -0.2) is 42.2 Å². The van der Waals surface area contributed by atoms with E-state index >= 15 is 0 Å². The Bertz CT molecular complexity index is 740. The first-order valence-electron chi connectivity index (χ1n) is 8.25. The van der Waals surface area contributed by atoms with Gasteiger partial charge in [-0.3, -0.25) is 9.69 Å². The Hall–Kier alpha value is -2.25. The third-order valence-corrected chi connectivity index (χ3v) is 4.10. The van der Waals surface area contributed by atoms with Crippen LogP contribution >= 0.6 is 0 Å². The maximum absolute atomic E-state index is 10.9. The fourth-order valence-electron chi connectivity index (χ4n) is 2.78. The summed E-state index contributed by atoms with van der Waals surface area (Å²) in [6.07, 6.45) is 2.15. The minimum absolute atomic E-state index is 0.0190. The van der Waals surface area contributed by atoms with E-state index in [1.807, 2.05) is 18.2 Å². The Morgan fingerprint density at radius 2 is 2.12 bits per heavy atom. The highest BCUT2D eigenvalue weighted by molar-refractivity contribution is 5.71. The molecule has 0 radical (unpaired) electrons. The first kappa shape index (κ1) is 16.6. The average Bonchev–Trinajstić information content (AvgIpc) is 2.47. The molecule has 0 unspecified atom stereocenters. The summed E-state index contributed by atoms with van der Waals surface area (Å²) in [6, 6.07) is 6.05. The van der Waals surface area contributed by atoms with E-state index in [0.717, 1.165) is 23.4 Å². The molecule has 4 nitrogen and oxygen atoms in total. The highest BCUT2D eigenvalue weighted by atomic mass is 16.5. The second-order valence-electron chi connectivity index (χ2n) is 7.57. The number of carboxylic acid groups (broad SMARTS) is 1. The van der Waals surface area contributed by atoms with Crippen LogP contribution in [0.15, 0.2) is 23.8 Å². The molecule has 0 spiro atoms. The van der Waals surface area contributed by atoms with Crippen molar-refractivity contribution in [1.82, 2.24) is 4.90 Å². The van der Waals surface area contributed by atoms with Crippen LogP contribution in [0.25, 0.3) is 6.08 Å². The number of fused-ring (bicyclic) bond motifs is 1. The Labute approximate surface area is 143 Å². The minimum atomic E-state index is -0.700. The van der Waals surface area contributed by atoms with E-state index in [-0.39, 0.29) is 11.3 Å². The molecular weight excluding hydrogens is 302 g/mol. The molecule has 0 atom stereocenters. The van der Waals surface area contributed by atoms with E-state index < -0.39 is 5.97 Å². The van der Waals surface area contributed by atoms with Crippen LogP contribution < -0.4 is 4.74 Å². The molecule has 3 rings (SSSR count). The van der Waals surface area contributed by atoms with Gasteiger partial charge in [0.25, 0.3) is 0 Å². The van der Waals surface area contributed by atoms with Gasteiger partial charge in [-0.15, -0.1) is 0 Å². The largest absolute Gasteiger partial charge is 0.489 e. The molecule has 24 heavy (non-hydrogen) atoms. The highest BCUT2D eigenvalue weighted by Crippen LogP contribution is 2.29. The summed E-state index contributed by atoms with van der Waals surface area (Å²) in [6.45, 7) is 8.85. The summed E-state index contributed by atoms with van der Waals surface area (Å²) in [4.78, 5) is 13.0. The van der Waals surface area contributed by atoms with Crippen molar-refractivity contribution >= 4 is 12.0 Å². The number of likely N-dealkylation sites (tertiary alicyclic amines) is 1. The number of hydrogen-bond donors (Lipinski definition) is 1. The monoisotopic (exact) mass is 325 g/mol. The van der Waals surface area contributed by atoms with Crippen LogP contribution in [-0.2, 0) is 4.79 Å². The summed E-state index contributed by atoms with van der Waals surface area (Å²) in [7, 11) is 0. The van der Waals surface area contributed by atoms with Crippen LogP contribution in [0.1, 0.15) is 31.9 Å². The molecule has 4 heteroatoms. The quantitative estimate of drug-likeness (QED) is 0.868. The summed E-state index contributed by atoms with van der Waals surface area (Å²) >= 11 is 0. The molecule has 2 heterocycles. The second-order valence-corrected chi connectivity index (χ2v) is 7.57. The topological polar surface area (TPSA) is 49.8 Å². The number of aliphatic carboxylic acids is 1. The maximum atomic E-state index is 10.9. The van der Waals surface area contributed by atoms with Crippen LogP contribution in [0.3, 0.4) is 0 Å². The lowest BCUT2D eigenvalue weighted by atomic mass is 9.97. The summed E-state index contributed by atoms with van der Waals surface area (Å²) in [5.74, 6) is 6.38. The molecule has 0 amide bonds. The molecule has 1 aromatic rings. The molecule has 1 N–H and O–H groups in total. The first-order valence-corrected chi connectivity index (χ1v) is 8.25. The summed E-state index contributed by atoms with van der Waals surface area (Å²) < 4.78 is 5.87. The predicted octanol–water partition coefficient (Wildman–Crippen LogP) is 2.88. The Kier molecular flexibility index (Phi) is 4.38. The molecule has 0 aromatic heterocycles. The van der Waals surface area contributed by atoms with Crippen molar-refractivity contribution in [2.24, 2.45) is 11.3 Å². The Balaban J connectivity index is 1.66. The van der Waals surface area contributed by atoms with Crippen LogP contribution in [0.4, 0.5) is 0 Å². The zero-order chi connectivity index (χ0) is 17.3. The second kappa shape index (κ2) is 6.33.